The summed E-state index contributed by atoms with van der Waals surface area (Å²) in [4.78, 5) is 11.6. The van der Waals surface area contributed by atoms with Crippen molar-refractivity contribution in [2.75, 3.05) is 0 Å². The lowest BCUT2D eigenvalue weighted by Gasteiger charge is -2.50. The molecule has 3 aliphatic rings. The summed E-state index contributed by atoms with van der Waals surface area (Å²) in [6.07, 6.45) is 6.21. The molecule has 0 amide bonds. The van der Waals surface area contributed by atoms with E-state index in [2.05, 4.69) is 13.0 Å². The van der Waals surface area contributed by atoms with Crippen LogP contribution in [0.1, 0.15) is 56.1 Å². The standard InChI is InChI=1S/C19H24O3/c1-19-9-8-14-13-5-3-12(20)10-11(13)2-4-15(14)16(19)6-7-17(19)18(21)22/h3,5,10,14-17,20H,2,4,6-9H2,1H3,(H,21,22). The van der Waals surface area contributed by atoms with Crippen molar-refractivity contribution in [3.8, 4) is 5.75 Å². The number of rotatable bonds is 1. The second-order valence-electron chi connectivity index (χ2n) is 7.81. The van der Waals surface area contributed by atoms with Crippen molar-refractivity contribution in [1.29, 1.82) is 0 Å². The van der Waals surface area contributed by atoms with Gasteiger partial charge in [0.05, 0.1) is 5.92 Å². The van der Waals surface area contributed by atoms with Crippen molar-refractivity contribution in [3.05, 3.63) is 29.3 Å². The molecule has 5 unspecified atom stereocenters. The van der Waals surface area contributed by atoms with Crippen molar-refractivity contribution in [2.45, 2.75) is 51.4 Å². The minimum absolute atomic E-state index is 0.0125. The lowest BCUT2D eigenvalue weighted by Crippen LogP contribution is -2.43. The predicted octanol–water partition coefficient (Wildman–Crippen LogP) is 3.95. The number of phenols is 1. The first-order chi connectivity index (χ1) is 10.5. The number of carboxylic acids is 1. The average molecular weight is 300 g/mol. The predicted molar refractivity (Wildman–Crippen MR) is 83.8 cm³/mol. The Bertz CT molecular complexity index is 623. The zero-order valence-corrected chi connectivity index (χ0v) is 13.1. The molecular formula is C19H24O3. The molecule has 118 valence electrons. The van der Waals surface area contributed by atoms with Crippen molar-refractivity contribution < 1.29 is 15.0 Å². The number of hydrogen-bond donors (Lipinski definition) is 2. The average Bonchev–Trinajstić information content (AvgIpc) is 2.84. The quantitative estimate of drug-likeness (QED) is 0.825. The maximum atomic E-state index is 11.6. The minimum Gasteiger partial charge on any atom is -0.508 e. The van der Waals surface area contributed by atoms with E-state index < -0.39 is 5.97 Å². The Balaban J connectivity index is 1.69. The van der Waals surface area contributed by atoms with Gasteiger partial charge in [0.2, 0.25) is 0 Å². The molecule has 2 N–H and O–H groups in total. The Hall–Kier alpha value is -1.51. The second-order valence-corrected chi connectivity index (χ2v) is 7.81. The maximum Gasteiger partial charge on any atom is 0.307 e. The van der Waals surface area contributed by atoms with Crippen LogP contribution in [0.5, 0.6) is 5.75 Å². The van der Waals surface area contributed by atoms with Gasteiger partial charge in [-0.1, -0.05) is 13.0 Å². The van der Waals surface area contributed by atoms with Gasteiger partial charge in [0, 0.05) is 0 Å². The van der Waals surface area contributed by atoms with E-state index in [-0.39, 0.29) is 11.3 Å². The van der Waals surface area contributed by atoms with Gasteiger partial charge in [0.15, 0.2) is 0 Å². The molecule has 0 radical (unpaired) electrons. The van der Waals surface area contributed by atoms with Crippen molar-refractivity contribution in [3.63, 3.8) is 0 Å². The Morgan fingerprint density at radius 3 is 2.82 bits per heavy atom. The largest absolute Gasteiger partial charge is 0.508 e. The van der Waals surface area contributed by atoms with E-state index in [1.54, 1.807) is 0 Å². The second kappa shape index (κ2) is 4.74. The summed E-state index contributed by atoms with van der Waals surface area (Å²) in [6, 6.07) is 5.84. The zero-order valence-electron chi connectivity index (χ0n) is 13.1. The number of hydrogen-bond acceptors (Lipinski definition) is 2. The fraction of sp³-hybridized carbons (Fsp3) is 0.632. The SMILES string of the molecule is CC12CCC3c4ccc(O)cc4CCC3C1CCC2C(=O)O. The highest BCUT2D eigenvalue weighted by molar-refractivity contribution is 5.71. The topological polar surface area (TPSA) is 57.5 Å². The van der Waals surface area contributed by atoms with E-state index in [0.717, 1.165) is 38.5 Å². The monoisotopic (exact) mass is 300 g/mol. The third kappa shape index (κ3) is 1.84. The van der Waals surface area contributed by atoms with Crippen molar-refractivity contribution in [2.24, 2.45) is 23.2 Å². The lowest BCUT2D eigenvalue weighted by atomic mass is 9.54. The van der Waals surface area contributed by atoms with E-state index in [1.165, 1.54) is 11.1 Å². The third-order valence-electron chi connectivity index (χ3n) is 7.01. The highest BCUT2D eigenvalue weighted by atomic mass is 16.4. The van der Waals surface area contributed by atoms with Crippen LogP contribution in [-0.2, 0) is 11.2 Å². The molecule has 0 aromatic heterocycles. The molecule has 4 rings (SSSR count). The molecule has 22 heavy (non-hydrogen) atoms. The van der Waals surface area contributed by atoms with Gasteiger partial charge in [-0.15, -0.1) is 0 Å². The Labute approximate surface area is 131 Å². The molecule has 0 heterocycles. The smallest absolute Gasteiger partial charge is 0.307 e. The van der Waals surface area contributed by atoms with Gasteiger partial charge in [0.1, 0.15) is 5.75 Å². The Morgan fingerprint density at radius 1 is 1.23 bits per heavy atom. The number of fused-ring (bicyclic) bond motifs is 5. The van der Waals surface area contributed by atoms with E-state index >= 15 is 0 Å². The number of phenolic OH excluding ortho intramolecular Hbond substituents is 1. The van der Waals surface area contributed by atoms with Gasteiger partial charge in [-0.2, -0.15) is 0 Å². The van der Waals surface area contributed by atoms with Crippen LogP contribution in [0.4, 0.5) is 0 Å². The van der Waals surface area contributed by atoms with Crippen LogP contribution in [0.2, 0.25) is 0 Å². The number of carboxylic acid groups (broad SMARTS) is 1. The van der Waals surface area contributed by atoms with Crippen molar-refractivity contribution >= 4 is 5.97 Å². The molecule has 0 spiro atoms. The highest BCUT2D eigenvalue weighted by Crippen LogP contribution is 2.63. The lowest BCUT2D eigenvalue weighted by molar-refractivity contribution is -0.147. The molecule has 0 saturated heterocycles. The number of benzene rings is 1. The summed E-state index contributed by atoms with van der Waals surface area (Å²) in [5.41, 5.74) is 2.70. The molecule has 3 heteroatoms. The normalized spacial score (nSPS) is 39.7. The molecule has 2 fully saturated rings. The third-order valence-corrected chi connectivity index (χ3v) is 7.01. The van der Waals surface area contributed by atoms with Gasteiger partial charge < -0.3 is 10.2 Å². The Morgan fingerprint density at radius 2 is 2.05 bits per heavy atom. The molecule has 1 aromatic carbocycles. The molecule has 3 nitrogen and oxygen atoms in total. The number of aryl methyl sites for hydroxylation is 1. The first-order valence-electron chi connectivity index (χ1n) is 8.55. The van der Waals surface area contributed by atoms with Gasteiger partial charge in [-0.05, 0) is 85.0 Å². The first kappa shape index (κ1) is 14.1. The number of aliphatic carboxylic acids is 1. The molecular weight excluding hydrogens is 276 g/mol. The first-order valence-corrected chi connectivity index (χ1v) is 8.55. The molecule has 0 aliphatic heterocycles. The van der Waals surface area contributed by atoms with Crippen LogP contribution in [0.3, 0.4) is 0 Å². The summed E-state index contributed by atoms with van der Waals surface area (Å²) in [5.74, 6) is 1.36. The maximum absolute atomic E-state index is 11.6. The molecule has 0 bridgehead atoms. The van der Waals surface area contributed by atoms with Crippen molar-refractivity contribution in [1.82, 2.24) is 0 Å². The summed E-state index contributed by atoms with van der Waals surface area (Å²) in [7, 11) is 0. The zero-order chi connectivity index (χ0) is 15.5. The van der Waals surface area contributed by atoms with Crippen LogP contribution in [-0.4, -0.2) is 16.2 Å². The molecule has 1 aromatic rings. The van der Waals surface area contributed by atoms with E-state index in [1.807, 2.05) is 12.1 Å². The van der Waals surface area contributed by atoms with Gasteiger partial charge in [-0.25, -0.2) is 0 Å². The highest BCUT2D eigenvalue weighted by Gasteiger charge is 2.56. The van der Waals surface area contributed by atoms with E-state index in [4.69, 9.17) is 0 Å². The summed E-state index contributed by atoms with van der Waals surface area (Å²) in [5, 5.41) is 19.3. The van der Waals surface area contributed by atoms with Gasteiger partial charge in [0.25, 0.3) is 0 Å². The van der Waals surface area contributed by atoms with E-state index in [9.17, 15) is 15.0 Å². The van der Waals surface area contributed by atoms with Gasteiger partial charge in [-0.3, -0.25) is 4.79 Å². The Kier molecular flexibility index (Phi) is 3.04. The fourth-order valence-electron chi connectivity index (χ4n) is 5.97. The molecule has 3 aliphatic carbocycles. The number of carbonyl (C=O) groups is 1. The van der Waals surface area contributed by atoms with Crippen LogP contribution >= 0.6 is 0 Å². The van der Waals surface area contributed by atoms with Crippen LogP contribution < -0.4 is 0 Å². The summed E-state index contributed by atoms with van der Waals surface area (Å²) in [6.45, 7) is 2.23. The van der Waals surface area contributed by atoms with Gasteiger partial charge >= 0.3 is 5.97 Å². The summed E-state index contributed by atoms with van der Waals surface area (Å²) >= 11 is 0. The van der Waals surface area contributed by atoms with Crippen LogP contribution in [0, 0.1) is 23.2 Å². The van der Waals surface area contributed by atoms with E-state index in [0.29, 0.717) is 23.5 Å². The van der Waals surface area contributed by atoms with Crippen LogP contribution in [0.25, 0.3) is 0 Å². The molecule has 5 atom stereocenters. The molecule has 2 saturated carbocycles. The number of aromatic hydroxyl groups is 1. The minimum atomic E-state index is -0.593. The van der Waals surface area contributed by atoms with Crippen LogP contribution in [0.15, 0.2) is 18.2 Å². The fourth-order valence-corrected chi connectivity index (χ4v) is 5.97. The summed E-state index contributed by atoms with van der Waals surface area (Å²) < 4.78 is 0.